The molecule has 0 spiro atoms. The lowest BCUT2D eigenvalue weighted by molar-refractivity contribution is -0.115. The highest BCUT2D eigenvalue weighted by Crippen LogP contribution is 2.14. The number of fused-ring (bicyclic) bond motifs is 1. The molecule has 4 heteroatoms. The molecule has 0 aliphatic heterocycles. The van der Waals surface area contributed by atoms with E-state index < -0.39 is 0 Å². The number of aromatic nitrogens is 2. The van der Waals surface area contributed by atoms with Crippen LogP contribution in [0.25, 0.3) is 11.0 Å². The second-order valence-electron chi connectivity index (χ2n) is 4.85. The van der Waals surface area contributed by atoms with Crippen LogP contribution in [0.4, 0.5) is 5.69 Å². The van der Waals surface area contributed by atoms with Gasteiger partial charge >= 0.3 is 0 Å². The second-order valence-corrected chi connectivity index (χ2v) is 4.85. The minimum atomic E-state index is -0.0190. The Morgan fingerprint density at radius 2 is 2.15 bits per heavy atom. The van der Waals surface area contributed by atoms with Crippen LogP contribution in [0.2, 0.25) is 0 Å². The van der Waals surface area contributed by atoms with Gasteiger partial charge in [-0.1, -0.05) is 18.2 Å². The zero-order valence-corrected chi connectivity index (χ0v) is 11.2. The standard InChI is InChI=1S/C16H15N3O/c1-11-3-2-4-13(7-11)19-16(20)9-12-5-6-14-15(8-12)18-10-17-14/h2-8,10H,9H2,1H3,(H,17,18)(H,19,20). The summed E-state index contributed by atoms with van der Waals surface area (Å²) < 4.78 is 0. The molecule has 0 radical (unpaired) electrons. The fourth-order valence-corrected chi connectivity index (χ4v) is 2.21. The number of anilines is 1. The summed E-state index contributed by atoms with van der Waals surface area (Å²) in [6, 6.07) is 13.6. The van der Waals surface area contributed by atoms with E-state index in [4.69, 9.17) is 0 Å². The molecule has 0 fully saturated rings. The lowest BCUT2D eigenvalue weighted by atomic mass is 10.1. The lowest BCUT2D eigenvalue weighted by Crippen LogP contribution is -2.14. The quantitative estimate of drug-likeness (QED) is 0.764. The van der Waals surface area contributed by atoms with Gasteiger partial charge in [-0.05, 0) is 42.3 Å². The van der Waals surface area contributed by atoms with E-state index >= 15 is 0 Å². The SMILES string of the molecule is Cc1cccc(NC(=O)Cc2ccc3nc[nH]c3c2)c1. The Morgan fingerprint density at radius 1 is 1.25 bits per heavy atom. The molecule has 0 unspecified atom stereocenters. The normalized spacial score (nSPS) is 10.7. The number of aryl methyl sites for hydroxylation is 1. The van der Waals surface area contributed by atoms with Crippen molar-refractivity contribution in [1.82, 2.24) is 9.97 Å². The van der Waals surface area contributed by atoms with E-state index in [0.717, 1.165) is 27.8 Å². The van der Waals surface area contributed by atoms with Gasteiger partial charge < -0.3 is 10.3 Å². The van der Waals surface area contributed by atoms with Crippen molar-refractivity contribution in [1.29, 1.82) is 0 Å². The van der Waals surface area contributed by atoms with E-state index in [9.17, 15) is 4.79 Å². The Balaban J connectivity index is 1.72. The summed E-state index contributed by atoms with van der Waals surface area (Å²) in [5, 5.41) is 2.91. The van der Waals surface area contributed by atoms with Gasteiger partial charge in [0.25, 0.3) is 0 Å². The molecule has 0 aliphatic carbocycles. The van der Waals surface area contributed by atoms with Gasteiger partial charge in [0.15, 0.2) is 0 Å². The van der Waals surface area contributed by atoms with Crippen molar-refractivity contribution < 1.29 is 4.79 Å². The minimum Gasteiger partial charge on any atom is -0.345 e. The molecular formula is C16H15N3O. The minimum absolute atomic E-state index is 0.0190. The molecule has 100 valence electrons. The summed E-state index contributed by atoms with van der Waals surface area (Å²) in [6.07, 6.45) is 2.00. The van der Waals surface area contributed by atoms with Crippen molar-refractivity contribution in [2.45, 2.75) is 13.3 Å². The average molecular weight is 265 g/mol. The molecule has 20 heavy (non-hydrogen) atoms. The van der Waals surface area contributed by atoms with Crippen LogP contribution in [0.3, 0.4) is 0 Å². The van der Waals surface area contributed by atoms with Gasteiger partial charge in [-0.25, -0.2) is 4.98 Å². The van der Waals surface area contributed by atoms with Crippen LogP contribution in [0.15, 0.2) is 48.8 Å². The highest BCUT2D eigenvalue weighted by atomic mass is 16.1. The molecule has 2 N–H and O–H groups in total. The average Bonchev–Trinajstić information content (AvgIpc) is 2.86. The van der Waals surface area contributed by atoms with E-state index in [1.54, 1.807) is 6.33 Å². The van der Waals surface area contributed by atoms with Gasteiger partial charge in [0.05, 0.1) is 23.8 Å². The predicted octanol–water partition coefficient (Wildman–Crippen LogP) is 3.05. The van der Waals surface area contributed by atoms with Crippen LogP contribution >= 0.6 is 0 Å². The Kier molecular flexibility index (Phi) is 3.21. The highest BCUT2D eigenvalue weighted by Gasteiger charge is 2.06. The summed E-state index contributed by atoms with van der Waals surface area (Å²) in [4.78, 5) is 19.2. The van der Waals surface area contributed by atoms with Crippen molar-refractivity contribution in [3.8, 4) is 0 Å². The van der Waals surface area contributed by atoms with Crippen LogP contribution in [-0.2, 0) is 11.2 Å². The molecule has 0 atom stereocenters. The Bertz CT molecular complexity index is 761. The maximum atomic E-state index is 12.0. The van der Waals surface area contributed by atoms with Crippen molar-refractivity contribution in [3.05, 3.63) is 59.9 Å². The molecule has 3 aromatic rings. The van der Waals surface area contributed by atoms with Crippen molar-refractivity contribution >= 4 is 22.6 Å². The number of carbonyl (C=O) groups excluding carboxylic acids is 1. The first-order valence-corrected chi connectivity index (χ1v) is 6.49. The van der Waals surface area contributed by atoms with Crippen molar-refractivity contribution in [3.63, 3.8) is 0 Å². The van der Waals surface area contributed by atoms with E-state index in [1.165, 1.54) is 0 Å². The lowest BCUT2D eigenvalue weighted by Gasteiger charge is -2.06. The molecule has 2 aromatic carbocycles. The molecule has 1 amide bonds. The molecule has 0 saturated carbocycles. The Morgan fingerprint density at radius 3 is 3.00 bits per heavy atom. The number of nitrogens with zero attached hydrogens (tertiary/aromatic N) is 1. The maximum absolute atomic E-state index is 12.0. The monoisotopic (exact) mass is 265 g/mol. The van der Waals surface area contributed by atoms with Gasteiger partial charge in [-0.3, -0.25) is 4.79 Å². The van der Waals surface area contributed by atoms with E-state index in [-0.39, 0.29) is 5.91 Å². The number of hydrogen-bond donors (Lipinski definition) is 2. The molecule has 4 nitrogen and oxygen atoms in total. The first-order chi connectivity index (χ1) is 9.70. The molecule has 0 saturated heterocycles. The second kappa shape index (κ2) is 5.17. The number of carbonyl (C=O) groups is 1. The third-order valence-electron chi connectivity index (χ3n) is 3.15. The van der Waals surface area contributed by atoms with Crippen LogP contribution in [0.5, 0.6) is 0 Å². The molecule has 1 aromatic heterocycles. The molecule has 0 bridgehead atoms. The van der Waals surface area contributed by atoms with Gasteiger partial charge in [0, 0.05) is 5.69 Å². The van der Waals surface area contributed by atoms with Crippen LogP contribution in [0.1, 0.15) is 11.1 Å². The number of nitrogens with one attached hydrogen (secondary N) is 2. The van der Waals surface area contributed by atoms with Crippen LogP contribution in [0, 0.1) is 6.92 Å². The Labute approximate surface area is 116 Å². The van der Waals surface area contributed by atoms with Crippen LogP contribution in [-0.4, -0.2) is 15.9 Å². The number of hydrogen-bond acceptors (Lipinski definition) is 2. The molecule has 1 heterocycles. The molecule has 3 rings (SSSR count). The fourth-order valence-electron chi connectivity index (χ4n) is 2.21. The first kappa shape index (κ1) is 12.4. The first-order valence-electron chi connectivity index (χ1n) is 6.49. The number of H-pyrrole nitrogens is 1. The maximum Gasteiger partial charge on any atom is 0.228 e. The fraction of sp³-hybridized carbons (Fsp3) is 0.125. The number of aromatic amines is 1. The number of benzene rings is 2. The Hall–Kier alpha value is -2.62. The van der Waals surface area contributed by atoms with Gasteiger partial charge in [-0.15, -0.1) is 0 Å². The summed E-state index contributed by atoms with van der Waals surface area (Å²) >= 11 is 0. The van der Waals surface area contributed by atoms with Gasteiger partial charge in [-0.2, -0.15) is 0 Å². The topological polar surface area (TPSA) is 57.8 Å². The molecular weight excluding hydrogens is 250 g/mol. The van der Waals surface area contributed by atoms with Crippen molar-refractivity contribution in [2.75, 3.05) is 5.32 Å². The summed E-state index contributed by atoms with van der Waals surface area (Å²) in [7, 11) is 0. The summed E-state index contributed by atoms with van der Waals surface area (Å²) in [5.74, 6) is -0.0190. The van der Waals surface area contributed by atoms with Crippen LogP contribution < -0.4 is 5.32 Å². The van der Waals surface area contributed by atoms with E-state index in [2.05, 4.69) is 15.3 Å². The number of rotatable bonds is 3. The third kappa shape index (κ3) is 2.69. The largest absolute Gasteiger partial charge is 0.345 e. The smallest absolute Gasteiger partial charge is 0.228 e. The van der Waals surface area contributed by atoms with Gasteiger partial charge in [0.2, 0.25) is 5.91 Å². The summed E-state index contributed by atoms with van der Waals surface area (Å²) in [5.41, 5.74) is 4.78. The third-order valence-corrected chi connectivity index (χ3v) is 3.15. The summed E-state index contributed by atoms with van der Waals surface area (Å²) in [6.45, 7) is 2.00. The van der Waals surface area contributed by atoms with E-state index in [1.807, 2.05) is 49.4 Å². The number of imidazole rings is 1. The highest BCUT2D eigenvalue weighted by molar-refractivity contribution is 5.92. The number of amides is 1. The van der Waals surface area contributed by atoms with Crippen molar-refractivity contribution in [2.24, 2.45) is 0 Å². The predicted molar refractivity (Wildman–Crippen MR) is 79.6 cm³/mol. The molecule has 0 aliphatic rings. The zero-order valence-electron chi connectivity index (χ0n) is 11.2. The van der Waals surface area contributed by atoms with Gasteiger partial charge in [0.1, 0.15) is 0 Å². The zero-order chi connectivity index (χ0) is 13.9. The van der Waals surface area contributed by atoms with E-state index in [0.29, 0.717) is 6.42 Å².